The Bertz CT molecular complexity index is 337. The van der Waals surface area contributed by atoms with Crippen molar-refractivity contribution in [2.75, 3.05) is 0 Å². The largest absolute Gasteiger partial charge is 0.310 e. The second-order valence-corrected chi connectivity index (χ2v) is 4.05. The Kier molecular flexibility index (Phi) is 2.69. The van der Waals surface area contributed by atoms with Crippen molar-refractivity contribution in [3.8, 4) is 0 Å². The highest BCUT2D eigenvalue weighted by molar-refractivity contribution is 5.52. The number of hydrogen-bond acceptors (Lipinski definition) is 1. The molecule has 0 spiro atoms. The third kappa shape index (κ3) is 2.24. The normalized spacial score (nSPS) is 15.5. The van der Waals surface area contributed by atoms with E-state index in [4.69, 9.17) is 0 Å². The molecule has 1 fully saturated rings. The predicted molar refractivity (Wildman–Crippen MR) is 61.1 cm³/mol. The molecule has 1 nitrogen and oxygen atoms in total. The van der Waals surface area contributed by atoms with E-state index in [1.807, 2.05) is 6.08 Å². The Balaban J connectivity index is 2.02. The molecule has 1 N–H and O–H groups in total. The number of rotatable bonds is 4. The summed E-state index contributed by atoms with van der Waals surface area (Å²) in [4.78, 5) is 0. The van der Waals surface area contributed by atoms with E-state index >= 15 is 0 Å². The van der Waals surface area contributed by atoms with Gasteiger partial charge < -0.3 is 5.32 Å². The van der Waals surface area contributed by atoms with Crippen molar-refractivity contribution in [2.45, 2.75) is 32.4 Å². The fourth-order valence-corrected chi connectivity index (χ4v) is 1.63. The van der Waals surface area contributed by atoms with Crippen LogP contribution < -0.4 is 5.32 Å². The first-order valence-electron chi connectivity index (χ1n) is 5.25. The molecule has 1 heteroatoms. The summed E-state index contributed by atoms with van der Waals surface area (Å²) in [5, 5.41) is 3.51. The molecule has 0 saturated heterocycles. The van der Waals surface area contributed by atoms with Crippen LogP contribution in [0, 0.1) is 6.92 Å². The van der Waals surface area contributed by atoms with Crippen LogP contribution in [-0.2, 0) is 6.54 Å². The average Bonchev–Trinajstić information content (AvgIpc) is 2.98. The lowest BCUT2D eigenvalue weighted by Gasteiger charge is -2.06. The summed E-state index contributed by atoms with van der Waals surface area (Å²) in [5.41, 5.74) is 3.93. The van der Waals surface area contributed by atoms with Crippen molar-refractivity contribution >= 4 is 6.08 Å². The van der Waals surface area contributed by atoms with Gasteiger partial charge in [0.1, 0.15) is 0 Å². The second-order valence-electron chi connectivity index (χ2n) is 4.05. The fourth-order valence-electron chi connectivity index (χ4n) is 1.63. The maximum Gasteiger partial charge on any atom is 0.0208 e. The molecule has 1 saturated carbocycles. The summed E-state index contributed by atoms with van der Waals surface area (Å²) in [6.07, 6.45) is 4.61. The molecule has 74 valence electrons. The van der Waals surface area contributed by atoms with E-state index in [1.54, 1.807) is 0 Å². The van der Waals surface area contributed by atoms with Gasteiger partial charge in [0.05, 0.1) is 0 Å². The van der Waals surface area contributed by atoms with Crippen LogP contribution in [0.25, 0.3) is 6.08 Å². The number of nitrogens with one attached hydrogen (secondary N) is 1. The van der Waals surface area contributed by atoms with Crippen LogP contribution in [0.3, 0.4) is 0 Å². The minimum Gasteiger partial charge on any atom is -0.310 e. The van der Waals surface area contributed by atoms with Gasteiger partial charge in [0.15, 0.2) is 0 Å². The monoisotopic (exact) mass is 187 g/mol. The maximum absolute atomic E-state index is 3.79. The summed E-state index contributed by atoms with van der Waals surface area (Å²) in [6.45, 7) is 6.93. The molecular formula is C13H17N. The molecule has 0 aromatic heterocycles. The van der Waals surface area contributed by atoms with E-state index in [-0.39, 0.29) is 0 Å². The molecule has 1 aliphatic rings. The Hall–Kier alpha value is -1.08. The molecule has 0 amide bonds. The van der Waals surface area contributed by atoms with Crippen LogP contribution in [0.5, 0.6) is 0 Å². The third-order valence-electron chi connectivity index (χ3n) is 2.73. The maximum atomic E-state index is 3.79. The zero-order valence-electron chi connectivity index (χ0n) is 8.72. The lowest BCUT2D eigenvalue weighted by atomic mass is 10.1. The van der Waals surface area contributed by atoms with Crippen molar-refractivity contribution in [1.29, 1.82) is 0 Å². The quantitative estimate of drug-likeness (QED) is 0.764. The first-order valence-corrected chi connectivity index (χ1v) is 5.25. The SMILES string of the molecule is C=Cc1ccc(CNC2CC2)cc1C. The molecular weight excluding hydrogens is 170 g/mol. The van der Waals surface area contributed by atoms with E-state index in [0.717, 1.165) is 12.6 Å². The molecule has 0 radical (unpaired) electrons. The van der Waals surface area contributed by atoms with Gasteiger partial charge in [0.2, 0.25) is 0 Å². The highest BCUT2D eigenvalue weighted by Crippen LogP contribution is 2.20. The van der Waals surface area contributed by atoms with Gasteiger partial charge in [-0.3, -0.25) is 0 Å². The van der Waals surface area contributed by atoms with Crippen LogP contribution in [-0.4, -0.2) is 6.04 Å². The Labute approximate surface area is 85.8 Å². The molecule has 0 heterocycles. The van der Waals surface area contributed by atoms with Crippen molar-refractivity contribution in [3.05, 3.63) is 41.5 Å². The topological polar surface area (TPSA) is 12.0 Å². The molecule has 1 aromatic rings. The highest BCUT2D eigenvalue weighted by Gasteiger charge is 2.19. The fraction of sp³-hybridized carbons (Fsp3) is 0.385. The van der Waals surface area contributed by atoms with Crippen LogP contribution >= 0.6 is 0 Å². The highest BCUT2D eigenvalue weighted by atomic mass is 14.9. The van der Waals surface area contributed by atoms with E-state index in [0.29, 0.717) is 0 Å². The standard InChI is InChI=1S/C13H17N/c1-3-12-5-4-11(8-10(12)2)9-14-13-6-7-13/h3-5,8,13-14H,1,6-7,9H2,2H3. The minimum atomic E-state index is 0.786. The van der Waals surface area contributed by atoms with Crippen molar-refractivity contribution in [3.63, 3.8) is 0 Å². The first-order chi connectivity index (χ1) is 6.79. The van der Waals surface area contributed by atoms with E-state index in [9.17, 15) is 0 Å². The number of benzene rings is 1. The molecule has 0 bridgehead atoms. The van der Waals surface area contributed by atoms with Crippen LogP contribution in [0.15, 0.2) is 24.8 Å². The molecule has 1 aliphatic carbocycles. The van der Waals surface area contributed by atoms with E-state index < -0.39 is 0 Å². The van der Waals surface area contributed by atoms with Crippen molar-refractivity contribution in [2.24, 2.45) is 0 Å². The van der Waals surface area contributed by atoms with Gasteiger partial charge in [0.25, 0.3) is 0 Å². The molecule has 2 rings (SSSR count). The van der Waals surface area contributed by atoms with Gasteiger partial charge in [-0.1, -0.05) is 30.9 Å². The van der Waals surface area contributed by atoms with Gasteiger partial charge in [-0.2, -0.15) is 0 Å². The molecule has 0 aliphatic heterocycles. The van der Waals surface area contributed by atoms with Gasteiger partial charge in [-0.05, 0) is 36.5 Å². The predicted octanol–water partition coefficient (Wildman–Crippen LogP) is 2.89. The van der Waals surface area contributed by atoms with Crippen LogP contribution in [0.2, 0.25) is 0 Å². The Morgan fingerprint density at radius 3 is 2.86 bits per heavy atom. The minimum absolute atomic E-state index is 0.786. The number of hydrogen-bond donors (Lipinski definition) is 1. The van der Waals surface area contributed by atoms with Crippen molar-refractivity contribution < 1.29 is 0 Å². The Morgan fingerprint density at radius 2 is 2.29 bits per heavy atom. The summed E-state index contributed by atoms with van der Waals surface area (Å²) < 4.78 is 0. The zero-order valence-corrected chi connectivity index (χ0v) is 8.72. The average molecular weight is 187 g/mol. The van der Waals surface area contributed by atoms with Gasteiger partial charge in [-0.15, -0.1) is 0 Å². The Morgan fingerprint density at radius 1 is 1.50 bits per heavy atom. The smallest absolute Gasteiger partial charge is 0.0208 e. The first kappa shape index (κ1) is 9.47. The second kappa shape index (κ2) is 3.97. The summed E-state index contributed by atoms with van der Waals surface area (Å²) in [5.74, 6) is 0. The molecule has 0 unspecified atom stereocenters. The molecule has 14 heavy (non-hydrogen) atoms. The number of aryl methyl sites for hydroxylation is 1. The van der Waals surface area contributed by atoms with Crippen molar-refractivity contribution in [1.82, 2.24) is 5.32 Å². The molecule has 0 atom stereocenters. The summed E-state index contributed by atoms with van der Waals surface area (Å²) in [7, 11) is 0. The summed E-state index contributed by atoms with van der Waals surface area (Å²) in [6, 6.07) is 7.35. The molecule has 1 aromatic carbocycles. The van der Waals surface area contributed by atoms with Crippen LogP contribution in [0.1, 0.15) is 29.5 Å². The van der Waals surface area contributed by atoms with Gasteiger partial charge in [-0.25, -0.2) is 0 Å². The van der Waals surface area contributed by atoms with Crippen LogP contribution in [0.4, 0.5) is 0 Å². The van der Waals surface area contributed by atoms with Gasteiger partial charge in [0, 0.05) is 12.6 Å². The van der Waals surface area contributed by atoms with E-state index in [1.165, 1.54) is 29.5 Å². The van der Waals surface area contributed by atoms with E-state index in [2.05, 4.69) is 37.0 Å². The lowest BCUT2D eigenvalue weighted by molar-refractivity contribution is 0.687. The lowest BCUT2D eigenvalue weighted by Crippen LogP contribution is -2.15. The third-order valence-corrected chi connectivity index (χ3v) is 2.73. The van der Waals surface area contributed by atoms with Gasteiger partial charge >= 0.3 is 0 Å². The zero-order chi connectivity index (χ0) is 9.97. The summed E-state index contributed by atoms with van der Waals surface area (Å²) >= 11 is 0.